The number of nitrogens with zero attached hydrogens (tertiary/aromatic N) is 2. The Morgan fingerprint density at radius 1 is 1.28 bits per heavy atom. The average molecular weight is 244 g/mol. The number of hydrogen-bond acceptors (Lipinski definition) is 5. The third-order valence-corrected chi connectivity index (χ3v) is 2.38. The van der Waals surface area contributed by atoms with Crippen molar-refractivity contribution in [3.63, 3.8) is 0 Å². The Bertz CT molecular complexity index is 516. The molecule has 3 N–H and O–H groups in total. The molecule has 94 valence electrons. The topological polar surface area (TPSA) is 73.1 Å². The van der Waals surface area contributed by atoms with E-state index in [1.807, 2.05) is 31.2 Å². The molecular weight excluding hydrogens is 228 g/mol. The number of nitrogens with two attached hydrogens (primary N) is 1. The monoisotopic (exact) mass is 244 g/mol. The highest BCUT2D eigenvalue weighted by Crippen LogP contribution is 2.12. The van der Waals surface area contributed by atoms with Gasteiger partial charge in [-0.15, -0.1) is 0 Å². The summed E-state index contributed by atoms with van der Waals surface area (Å²) in [6.07, 6.45) is 3.16. The van der Waals surface area contributed by atoms with Crippen LogP contribution in [0.25, 0.3) is 0 Å². The Morgan fingerprint density at radius 2 is 2.11 bits per heavy atom. The van der Waals surface area contributed by atoms with Crippen molar-refractivity contribution in [2.45, 2.75) is 6.92 Å². The van der Waals surface area contributed by atoms with Crippen LogP contribution >= 0.6 is 0 Å². The van der Waals surface area contributed by atoms with E-state index in [9.17, 15) is 0 Å². The minimum absolute atomic E-state index is 0.396. The lowest BCUT2D eigenvalue weighted by Gasteiger charge is -2.09. The molecule has 0 radical (unpaired) electrons. The van der Waals surface area contributed by atoms with Gasteiger partial charge in [0.05, 0.1) is 6.54 Å². The van der Waals surface area contributed by atoms with Crippen LogP contribution in [0.2, 0.25) is 0 Å². The van der Waals surface area contributed by atoms with Crippen LogP contribution in [0, 0.1) is 6.92 Å². The smallest absolute Gasteiger partial charge is 0.169 e. The van der Waals surface area contributed by atoms with E-state index in [1.165, 1.54) is 5.56 Å². The maximum Gasteiger partial charge on any atom is 0.169 e. The number of aryl methyl sites for hydroxylation is 1. The number of ether oxygens (including phenoxy) is 1. The Labute approximate surface area is 106 Å². The lowest BCUT2D eigenvalue weighted by Crippen LogP contribution is -2.13. The van der Waals surface area contributed by atoms with Crippen molar-refractivity contribution < 1.29 is 4.74 Å². The van der Waals surface area contributed by atoms with Crippen molar-refractivity contribution in [1.82, 2.24) is 9.97 Å². The van der Waals surface area contributed by atoms with Crippen molar-refractivity contribution >= 4 is 11.6 Å². The highest BCUT2D eigenvalue weighted by atomic mass is 16.5. The highest BCUT2D eigenvalue weighted by molar-refractivity contribution is 5.54. The normalized spacial score (nSPS) is 10.1. The highest BCUT2D eigenvalue weighted by Gasteiger charge is 1.99. The van der Waals surface area contributed by atoms with Gasteiger partial charge in [0.1, 0.15) is 12.4 Å². The second kappa shape index (κ2) is 5.86. The quantitative estimate of drug-likeness (QED) is 0.785. The molecule has 18 heavy (non-hydrogen) atoms. The summed E-state index contributed by atoms with van der Waals surface area (Å²) in [5.74, 6) is 1.85. The van der Waals surface area contributed by atoms with Crippen LogP contribution in [0.3, 0.4) is 0 Å². The van der Waals surface area contributed by atoms with E-state index < -0.39 is 0 Å². The van der Waals surface area contributed by atoms with Gasteiger partial charge in [-0.05, 0) is 24.6 Å². The van der Waals surface area contributed by atoms with Crippen LogP contribution in [0.4, 0.5) is 11.6 Å². The zero-order valence-electron chi connectivity index (χ0n) is 10.3. The average Bonchev–Trinajstić information content (AvgIpc) is 2.37. The van der Waals surface area contributed by atoms with Gasteiger partial charge in [0.25, 0.3) is 0 Å². The molecule has 0 bridgehead atoms. The number of hydrogen-bond donors (Lipinski definition) is 2. The lowest BCUT2D eigenvalue weighted by atomic mass is 10.2. The van der Waals surface area contributed by atoms with Crippen LogP contribution in [0.5, 0.6) is 5.75 Å². The van der Waals surface area contributed by atoms with Gasteiger partial charge in [-0.1, -0.05) is 12.1 Å². The Balaban J connectivity index is 1.78. The summed E-state index contributed by atoms with van der Waals surface area (Å²) in [4.78, 5) is 8.02. The van der Waals surface area contributed by atoms with Crippen LogP contribution in [-0.4, -0.2) is 23.1 Å². The molecule has 0 spiro atoms. The standard InChI is InChI=1S/C13H16N4O/c1-10-3-2-4-11(9-10)18-8-7-17-13-12(14)15-5-6-16-13/h2-6,9H,7-8H2,1H3,(H2,14,15)(H,16,17). The SMILES string of the molecule is Cc1cccc(OCCNc2nccnc2N)c1. The number of benzene rings is 1. The summed E-state index contributed by atoms with van der Waals surface area (Å²) in [5, 5.41) is 3.07. The van der Waals surface area contributed by atoms with Crippen molar-refractivity contribution in [1.29, 1.82) is 0 Å². The van der Waals surface area contributed by atoms with Gasteiger partial charge < -0.3 is 15.8 Å². The molecule has 5 nitrogen and oxygen atoms in total. The van der Waals surface area contributed by atoms with Gasteiger partial charge in [-0.25, -0.2) is 9.97 Å². The number of aromatic nitrogens is 2. The first kappa shape index (κ1) is 12.2. The first-order chi connectivity index (χ1) is 8.75. The molecule has 0 saturated heterocycles. The second-order valence-corrected chi connectivity index (χ2v) is 3.88. The zero-order chi connectivity index (χ0) is 12.8. The molecule has 0 saturated carbocycles. The van der Waals surface area contributed by atoms with Crippen molar-refractivity contribution in [3.05, 3.63) is 42.2 Å². The summed E-state index contributed by atoms with van der Waals surface area (Å²) >= 11 is 0. The fourth-order valence-corrected chi connectivity index (χ4v) is 1.53. The molecule has 2 aromatic rings. The summed E-state index contributed by atoms with van der Waals surface area (Å²) < 4.78 is 5.60. The predicted octanol–water partition coefficient (Wildman–Crippen LogP) is 1.86. The lowest BCUT2D eigenvalue weighted by molar-refractivity contribution is 0.332. The molecule has 1 aromatic carbocycles. The van der Waals surface area contributed by atoms with Crippen molar-refractivity contribution in [2.75, 3.05) is 24.2 Å². The first-order valence-electron chi connectivity index (χ1n) is 5.75. The number of rotatable bonds is 5. The molecule has 5 heteroatoms. The Hall–Kier alpha value is -2.30. The Kier molecular flexibility index (Phi) is 3.96. The summed E-state index contributed by atoms with van der Waals surface area (Å²) in [6.45, 7) is 3.20. The molecule has 1 heterocycles. The Morgan fingerprint density at radius 3 is 2.89 bits per heavy atom. The van der Waals surface area contributed by atoms with Crippen molar-refractivity contribution in [3.8, 4) is 5.75 Å². The largest absolute Gasteiger partial charge is 0.492 e. The fraction of sp³-hybridized carbons (Fsp3) is 0.231. The van der Waals surface area contributed by atoms with E-state index in [4.69, 9.17) is 10.5 Å². The van der Waals surface area contributed by atoms with Gasteiger partial charge in [0, 0.05) is 12.4 Å². The molecule has 0 aliphatic rings. The fourth-order valence-electron chi connectivity index (χ4n) is 1.53. The second-order valence-electron chi connectivity index (χ2n) is 3.88. The van der Waals surface area contributed by atoms with E-state index in [0.717, 1.165) is 5.75 Å². The van der Waals surface area contributed by atoms with Gasteiger partial charge in [0.15, 0.2) is 11.6 Å². The maximum atomic E-state index is 5.66. The minimum atomic E-state index is 0.396. The van der Waals surface area contributed by atoms with E-state index >= 15 is 0 Å². The number of nitrogen functional groups attached to an aromatic ring is 1. The van der Waals surface area contributed by atoms with Crippen LogP contribution < -0.4 is 15.8 Å². The molecule has 0 unspecified atom stereocenters. The van der Waals surface area contributed by atoms with Gasteiger partial charge in [-0.2, -0.15) is 0 Å². The molecule has 0 fully saturated rings. The summed E-state index contributed by atoms with van der Waals surface area (Å²) in [6, 6.07) is 7.94. The summed E-state index contributed by atoms with van der Waals surface area (Å²) in [7, 11) is 0. The molecule has 0 amide bonds. The zero-order valence-corrected chi connectivity index (χ0v) is 10.3. The van der Waals surface area contributed by atoms with E-state index in [0.29, 0.717) is 24.8 Å². The van der Waals surface area contributed by atoms with Crippen LogP contribution in [0.15, 0.2) is 36.7 Å². The molecule has 0 atom stereocenters. The molecule has 0 aliphatic heterocycles. The van der Waals surface area contributed by atoms with Crippen molar-refractivity contribution in [2.24, 2.45) is 0 Å². The van der Waals surface area contributed by atoms with Gasteiger partial charge >= 0.3 is 0 Å². The molecular formula is C13H16N4O. The van der Waals surface area contributed by atoms with Crippen LogP contribution in [0.1, 0.15) is 5.56 Å². The van der Waals surface area contributed by atoms with Gasteiger partial charge in [0.2, 0.25) is 0 Å². The predicted molar refractivity (Wildman–Crippen MR) is 71.6 cm³/mol. The molecule has 2 rings (SSSR count). The molecule has 1 aromatic heterocycles. The molecule has 0 aliphatic carbocycles. The number of nitrogens with one attached hydrogen (secondary N) is 1. The van der Waals surface area contributed by atoms with E-state index in [1.54, 1.807) is 12.4 Å². The van der Waals surface area contributed by atoms with E-state index in [-0.39, 0.29) is 0 Å². The minimum Gasteiger partial charge on any atom is -0.492 e. The third kappa shape index (κ3) is 3.35. The first-order valence-corrected chi connectivity index (χ1v) is 5.75. The number of anilines is 2. The maximum absolute atomic E-state index is 5.66. The van der Waals surface area contributed by atoms with E-state index in [2.05, 4.69) is 15.3 Å². The summed E-state index contributed by atoms with van der Waals surface area (Å²) in [5.41, 5.74) is 6.84. The van der Waals surface area contributed by atoms with Crippen LogP contribution in [-0.2, 0) is 0 Å². The third-order valence-electron chi connectivity index (χ3n) is 2.38. The van der Waals surface area contributed by atoms with Gasteiger partial charge in [-0.3, -0.25) is 0 Å².